The third-order valence-electron chi connectivity index (χ3n) is 5.22. The molecule has 0 N–H and O–H groups in total. The van der Waals surface area contributed by atoms with Gasteiger partial charge in [0.25, 0.3) is 0 Å². The number of carbonyl (C=O) groups excluding carboxylic acids is 1. The maximum Gasteiger partial charge on any atom is 0.336 e. The maximum atomic E-state index is 12.6. The van der Waals surface area contributed by atoms with Crippen LogP contribution in [0, 0.1) is 0 Å². The van der Waals surface area contributed by atoms with Gasteiger partial charge < -0.3 is 18.3 Å². The first-order valence-electron chi connectivity index (χ1n) is 10.1. The third-order valence-corrected chi connectivity index (χ3v) is 5.66. The number of methoxy groups -OCH3 is 1. The number of hydrogen-bond donors (Lipinski definition) is 0. The number of furan rings is 1. The second-order valence-corrected chi connectivity index (χ2v) is 7.76. The van der Waals surface area contributed by atoms with Crippen LogP contribution < -0.4 is 15.1 Å². The van der Waals surface area contributed by atoms with Gasteiger partial charge in [0, 0.05) is 22.4 Å². The van der Waals surface area contributed by atoms with Gasteiger partial charge in [0.05, 0.1) is 7.11 Å². The van der Waals surface area contributed by atoms with Crippen molar-refractivity contribution in [1.82, 2.24) is 0 Å². The van der Waals surface area contributed by atoms with Crippen molar-refractivity contribution in [2.45, 2.75) is 5.38 Å². The fourth-order valence-corrected chi connectivity index (χ4v) is 3.86. The first-order chi connectivity index (χ1) is 16.0. The zero-order valence-electron chi connectivity index (χ0n) is 17.4. The maximum absolute atomic E-state index is 12.6. The molecule has 2 aromatic heterocycles. The molecule has 3 aromatic carbocycles. The fraction of sp³-hybridized carbons (Fsp3) is 0.0769. The summed E-state index contributed by atoms with van der Waals surface area (Å²) in [4.78, 5) is 24.8. The van der Waals surface area contributed by atoms with E-state index in [2.05, 4.69) is 0 Å². The Labute approximate surface area is 192 Å². The summed E-state index contributed by atoms with van der Waals surface area (Å²) >= 11 is 6.29. The minimum absolute atomic E-state index is 0.262. The number of para-hydroxylation sites is 1. The summed E-state index contributed by atoms with van der Waals surface area (Å²) < 4.78 is 22.2. The van der Waals surface area contributed by atoms with Gasteiger partial charge in [-0.05, 0) is 35.9 Å². The molecular formula is C26H17ClO6. The van der Waals surface area contributed by atoms with Gasteiger partial charge in [-0.1, -0.05) is 42.5 Å². The smallest absolute Gasteiger partial charge is 0.336 e. The Hall–Kier alpha value is -4.03. The summed E-state index contributed by atoms with van der Waals surface area (Å²) in [5.41, 5.74) is 1.50. The average molecular weight is 461 g/mol. The normalized spacial score (nSPS) is 12.1. The van der Waals surface area contributed by atoms with E-state index in [-0.39, 0.29) is 5.75 Å². The van der Waals surface area contributed by atoms with Crippen LogP contribution >= 0.6 is 11.6 Å². The quantitative estimate of drug-likeness (QED) is 0.136. The van der Waals surface area contributed by atoms with Crippen LogP contribution in [0.4, 0.5) is 0 Å². The van der Waals surface area contributed by atoms with Crippen LogP contribution in [0.15, 0.2) is 92.5 Å². The molecule has 164 valence electrons. The van der Waals surface area contributed by atoms with Crippen molar-refractivity contribution in [2.75, 3.05) is 7.11 Å². The van der Waals surface area contributed by atoms with Crippen molar-refractivity contribution < 1.29 is 23.1 Å². The molecule has 0 aliphatic carbocycles. The molecule has 6 nitrogen and oxygen atoms in total. The number of ether oxygens (including phenoxy) is 2. The van der Waals surface area contributed by atoms with Crippen molar-refractivity contribution in [1.29, 1.82) is 0 Å². The zero-order valence-corrected chi connectivity index (χ0v) is 18.2. The SMILES string of the molecule is COc1cccc2cc(-c3cc(=O)oc4ccc(OC(=O)C(Cl)c5ccccc5)cc34)oc12. The topological polar surface area (TPSA) is 78.9 Å². The van der Waals surface area contributed by atoms with Gasteiger partial charge >= 0.3 is 11.6 Å². The number of carbonyl (C=O) groups is 1. The molecule has 0 saturated carbocycles. The van der Waals surface area contributed by atoms with Gasteiger partial charge in [-0.2, -0.15) is 0 Å². The molecule has 0 aliphatic rings. The highest BCUT2D eigenvalue weighted by Gasteiger charge is 2.21. The van der Waals surface area contributed by atoms with Crippen LogP contribution in [0.25, 0.3) is 33.3 Å². The molecule has 0 fully saturated rings. The predicted octanol–water partition coefficient (Wildman–Crippen LogP) is 6.10. The van der Waals surface area contributed by atoms with Gasteiger partial charge in [0.1, 0.15) is 17.1 Å². The lowest BCUT2D eigenvalue weighted by Crippen LogP contribution is -2.14. The lowest BCUT2D eigenvalue weighted by Gasteiger charge is -2.11. The van der Waals surface area contributed by atoms with Crippen molar-refractivity contribution in [3.05, 3.63) is 94.8 Å². The molecular weight excluding hydrogens is 444 g/mol. The molecule has 1 unspecified atom stereocenters. The first kappa shape index (κ1) is 20.8. The minimum Gasteiger partial charge on any atom is -0.493 e. The molecule has 5 rings (SSSR count). The minimum atomic E-state index is -0.960. The summed E-state index contributed by atoms with van der Waals surface area (Å²) in [6, 6.07) is 22.3. The third kappa shape index (κ3) is 3.97. The Morgan fingerprint density at radius 2 is 1.76 bits per heavy atom. The summed E-state index contributed by atoms with van der Waals surface area (Å²) in [5.74, 6) is 0.678. The number of halogens is 1. The second kappa shape index (κ2) is 8.48. The zero-order chi connectivity index (χ0) is 22.9. The van der Waals surface area contributed by atoms with E-state index in [0.717, 1.165) is 5.39 Å². The van der Waals surface area contributed by atoms with Gasteiger partial charge in [0.2, 0.25) is 0 Å². The highest BCUT2D eigenvalue weighted by Crippen LogP contribution is 2.37. The Kier molecular flexibility index (Phi) is 5.36. The van der Waals surface area contributed by atoms with E-state index in [0.29, 0.717) is 39.2 Å². The van der Waals surface area contributed by atoms with E-state index < -0.39 is 17.0 Å². The van der Waals surface area contributed by atoms with E-state index in [1.807, 2.05) is 24.3 Å². The number of hydrogen-bond acceptors (Lipinski definition) is 6. The molecule has 0 amide bonds. The number of esters is 1. The molecule has 0 spiro atoms. The van der Waals surface area contributed by atoms with Crippen LogP contribution in [-0.4, -0.2) is 13.1 Å². The molecule has 0 bridgehead atoms. The van der Waals surface area contributed by atoms with Gasteiger partial charge in [-0.15, -0.1) is 11.6 Å². The van der Waals surface area contributed by atoms with E-state index in [9.17, 15) is 9.59 Å². The van der Waals surface area contributed by atoms with Gasteiger partial charge in [-0.25, -0.2) is 9.59 Å². The molecule has 2 heterocycles. The highest BCUT2D eigenvalue weighted by atomic mass is 35.5. The Morgan fingerprint density at radius 3 is 2.55 bits per heavy atom. The molecule has 33 heavy (non-hydrogen) atoms. The standard InChI is InChI=1S/C26H17ClO6/c1-30-21-9-5-8-16-12-22(33-25(16)21)19-14-23(28)32-20-11-10-17(13-18(19)20)31-26(29)24(27)15-6-3-2-4-7-15/h2-14,24H,1H3. The second-order valence-electron chi connectivity index (χ2n) is 7.32. The Bertz CT molecular complexity index is 1530. The molecule has 0 saturated heterocycles. The monoisotopic (exact) mass is 460 g/mol. The molecule has 1 atom stereocenters. The van der Waals surface area contributed by atoms with Crippen LogP contribution in [0.5, 0.6) is 11.5 Å². The number of benzene rings is 3. The Balaban J connectivity index is 1.56. The average Bonchev–Trinajstić information content (AvgIpc) is 3.28. The van der Waals surface area contributed by atoms with E-state index in [1.165, 1.54) is 6.07 Å². The summed E-state index contributed by atoms with van der Waals surface area (Å²) in [6.45, 7) is 0. The largest absolute Gasteiger partial charge is 0.493 e. The lowest BCUT2D eigenvalue weighted by molar-refractivity contribution is -0.134. The lowest BCUT2D eigenvalue weighted by atomic mass is 10.1. The van der Waals surface area contributed by atoms with Crippen LogP contribution in [0.3, 0.4) is 0 Å². The molecule has 0 radical (unpaired) electrons. The molecule has 7 heteroatoms. The number of fused-ring (bicyclic) bond motifs is 2. The predicted molar refractivity (Wildman–Crippen MR) is 125 cm³/mol. The van der Waals surface area contributed by atoms with Crippen LogP contribution in [0.2, 0.25) is 0 Å². The summed E-state index contributed by atoms with van der Waals surface area (Å²) in [7, 11) is 1.56. The van der Waals surface area contributed by atoms with Crippen molar-refractivity contribution in [3.8, 4) is 22.8 Å². The summed E-state index contributed by atoms with van der Waals surface area (Å²) in [5, 5.41) is 0.405. The Morgan fingerprint density at radius 1 is 0.939 bits per heavy atom. The van der Waals surface area contributed by atoms with E-state index in [1.54, 1.807) is 55.6 Å². The van der Waals surface area contributed by atoms with Crippen LogP contribution in [-0.2, 0) is 4.79 Å². The number of rotatable bonds is 5. The first-order valence-corrected chi connectivity index (χ1v) is 10.5. The molecule has 5 aromatic rings. The highest BCUT2D eigenvalue weighted by molar-refractivity contribution is 6.30. The van der Waals surface area contributed by atoms with Gasteiger partial charge in [-0.3, -0.25) is 0 Å². The van der Waals surface area contributed by atoms with Crippen LogP contribution in [0.1, 0.15) is 10.9 Å². The van der Waals surface area contributed by atoms with Crippen molar-refractivity contribution in [3.63, 3.8) is 0 Å². The van der Waals surface area contributed by atoms with Crippen molar-refractivity contribution >= 4 is 39.5 Å². The van der Waals surface area contributed by atoms with E-state index in [4.69, 9.17) is 29.9 Å². The van der Waals surface area contributed by atoms with Crippen molar-refractivity contribution in [2.24, 2.45) is 0 Å². The molecule has 0 aliphatic heterocycles. The van der Waals surface area contributed by atoms with E-state index >= 15 is 0 Å². The number of alkyl halides is 1. The summed E-state index contributed by atoms with van der Waals surface area (Å²) in [6.07, 6.45) is 0. The van der Waals surface area contributed by atoms with Gasteiger partial charge in [0.15, 0.2) is 16.7 Å². The fourth-order valence-electron chi connectivity index (χ4n) is 3.67.